The van der Waals surface area contributed by atoms with E-state index in [4.69, 9.17) is 4.74 Å². The minimum Gasteiger partial charge on any atom is -0.379 e. The molecule has 2 aliphatic heterocycles. The van der Waals surface area contributed by atoms with E-state index >= 15 is 0 Å². The van der Waals surface area contributed by atoms with Crippen LogP contribution in [0.1, 0.15) is 19.3 Å². The van der Waals surface area contributed by atoms with Gasteiger partial charge in [0.1, 0.15) is 0 Å². The Morgan fingerprint density at radius 1 is 1.22 bits per heavy atom. The first kappa shape index (κ1) is 14.2. The second-order valence-corrected chi connectivity index (χ2v) is 6.72. The third-order valence-corrected chi connectivity index (χ3v) is 5.70. The summed E-state index contributed by atoms with van der Waals surface area (Å²) in [4.78, 5) is 0. The van der Waals surface area contributed by atoms with Crippen molar-refractivity contribution in [1.82, 2.24) is 13.9 Å². The lowest BCUT2D eigenvalue weighted by atomic mass is 10.1. The quantitative estimate of drug-likeness (QED) is 0.762. The summed E-state index contributed by atoms with van der Waals surface area (Å²) in [6.45, 7) is 3.33. The van der Waals surface area contributed by atoms with Gasteiger partial charge in [0.2, 0.25) is 0 Å². The first-order valence-corrected chi connectivity index (χ1v) is 8.05. The lowest BCUT2D eigenvalue weighted by Gasteiger charge is -2.38. The van der Waals surface area contributed by atoms with Gasteiger partial charge in [-0.25, -0.2) is 0 Å². The molecule has 0 aromatic carbocycles. The number of likely N-dealkylation sites (N-methyl/N-ethyl adjacent to an activating group) is 1. The summed E-state index contributed by atoms with van der Waals surface area (Å²) in [6, 6.07) is 0.0941. The Morgan fingerprint density at radius 2 is 1.94 bits per heavy atom. The zero-order valence-corrected chi connectivity index (χ0v) is 11.8. The highest BCUT2D eigenvalue weighted by atomic mass is 32.2. The van der Waals surface area contributed by atoms with Crippen LogP contribution >= 0.6 is 0 Å². The molecular weight excluding hydrogens is 254 g/mol. The van der Waals surface area contributed by atoms with E-state index in [0.717, 1.165) is 25.8 Å². The predicted octanol–water partition coefficient (Wildman–Crippen LogP) is -0.363. The molecule has 0 radical (unpaired) electrons. The van der Waals surface area contributed by atoms with E-state index in [1.54, 1.807) is 8.61 Å². The summed E-state index contributed by atoms with van der Waals surface area (Å²) in [5.41, 5.74) is 0. The van der Waals surface area contributed by atoms with Crippen LogP contribution in [-0.2, 0) is 14.9 Å². The lowest BCUT2D eigenvalue weighted by molar-refractivity contribution is 0.0682. The standard InChI is InChI=1S/C11H23N3O3S/c1-12-10-11-4-2-3-5-14(11)18(15,16)13-6-8-17-9-7-13/h11-12H,2-10H2,1H3. The number of nitrogens with one attached hydrogen (secondary N) is 1. The van der Waals surface area contributed by atoms with E-state index < -0.39 is 10.2 Å². The van der Waals surface area contributed by atoms with Gasteiger partial charge in [0.25, 0.3) is 10.2 Å². The predicted molar refractivity (Wildman–Crippen MR) is 69.6 cm³/mol. The Hall–Kier alpha value is -0.210. The average molecular weight is 277 g/mol. The van der Waals surface area contributed by atoms with E-state index in [-0.39, 0.29) is 6.04 Å². The topological polar surface area (TPSA) is 61.9 Å². The molecule has 0 amide bonds. The third kappa shape index (κ3) is 3.03. The Bertz CT molecular complexity index is 353. The fourth-order valence-corrected chi connectivity index (χ4v) is 4.47. The van der Waals surface area contributed by atoms with Gasteiger partial charge in [0, 0.05) is 32.2 Å². The van der Waals surface area contributed by atoms with Crippen molar-refractivity contribution in [2.24, 2.45) is 0 Å². The van der Waals surface area contributed by atoms with Gasteiger partial charge in [-0.15, -0.1) is 0 Å². The Labute approximate surface area is 109 Å². The van der Waals surface area contributed by atoms with Gasteiger partial charge >= 0.3 is 0 Å². The van der Waals surface area contributed by atoms with Gasteiger partial charge in [-0.3, -0.25) is 0 Å². The monoisotopic (exact) mass is 277 g/mol. The van der Waals surface area contributed by atoms with Crippen molar-refractivity contribution in [1.29, 1.82) is 0 Å². The second-order valence-electron chi connectivity index (χ2n) is 4.84. The number of nitrogens with zero attached hydrogens (tertiary/aromatic N) is 2. The molecule has 0 aromatic heterocycles. The summed E-state index contributed by atoms with van der Waals surface area (Å²) in [5, 5.41) is 3.09. The zero-order chi connectivity index (χ0) is 13.0. The van der Waals surface area contributed by atoms with E-state index in [9.17, 15) is 8.42 Å². The number of hydrogen-bond donors (Lipinski definition) is 1. The van der Waals surface area contributed by atoms with Gasteiger partial charge in [0.15, 0.2) is 0 Å². The van der Waals surface area contributed by atoms with Gasteiger partial charge in [-0.2, -0.15) is 17.0 Å². The van der Waals surface area contributed by atoms with E-state index in [0.29, 0.717) is 32.8 Å². The molecule has 0 saturated carbocycles. The molecule has 18 heavy (non-hydrogen) atoms. The van der Waals surface area contributed by atoms with Crippen molar-refractivity contribution in [3.8, 4) is 0 Å². The van der Waals surface area contributed by atoms with Crippen molar-refractivity contribution < 1.29 is 13.2 Å². The first-order chi connectivity index (χ1) is 8.66. The van der Waals surface area contributed by atoms with Crippen LogP contribution in [0.2, 0.25) is 0 Å². The molecule has 1 atom stereocenters. The molecule has 0 spiro atoms. The van der Waals surface area contributed by atoms with Crippen molar-refractivity contribution in [3.05, 3.63) is 0 Å². The number of rotatable bonds is 4. The van der Waals surface area contributed by atoms with Crippen molar-refractivity contribution in [2.75, 3.05) is 46.4 Å². The Morgan fingerprint density at radius 3 is 2.61 bits per heavy atom. The Kier molecular flexibility index (Phi) is 4.97. The highest BCUT2D eigenvalue weighted by Crippen LogP contribution is 2.22. The molecule has 106 valence electrons. The van der Waals surface area contributed by atoms with E-state index in [2.05, 4.69) is 5.32 Å². The highest BCUT2D eigenvalue weighted by Gasteiger charge is 2.36. The molecule has 0 bridgehead atoms. The molecule has 1 N–H and O–H groups in total. The van der Waals surface area contributed by atoms with Gasteiger partial charge in [-0.1, -0.05) is 6.42 Å². The van der Waals surface area contributed by atoms with Crippen LogP contribution in [0, 0.1) is 0 Å². The zero-order valence-electron chi connectivity index (χ0n) is 11.0. The largest absolute Gasteiger partial charge is 0.379 e. The molecule has 1 unspecified atom stereocenters. The summed E-state index contributed by atoms with van der Waals surface area (Å²) in [7, 11) is -1.44. The third-order valence-electron chi connectivity index (χ3n) is 3.61. The number of ether oxygens (including phenoxy) is 1. The number of piperidine rings is 1. The van der Waals surface area contributed by atoms with Crippen molar-refractivity contribution in [3.63, 3.8) is 0 Å². The van der Waals surface area contributed by atoms with Crippen LogP contribution in [0.4, 0.5) is 0 Å². The molecule has 7 heteroatoms. The maximum Gasteiger partial charge on any atom is 0.282 e. The molecular formula is C11H23N3O3S. The van der Waals surface area contributed by atoms with Gasteiger partial charge < -0.3 is 10.1 Å². The van der Waals surface area contributed by atoms with Crippen LogP contribution in [0.15, 0.2) is 0 Å². The summed E-state index contributed by atoms with van der Waals surface area (Å²) in [5.74, 6) is 0. The van der Waals surface area contributed by atoms with Crippen LogP contribution in [0.3, 0.4) is 0 Å². The number of morpholine rings is 1. The fraction of sp³-hybridized carbons (Fsp3) is 1.00. The average Bonchev–Trinajstić information content (AvgIpc) is 2.41. The summed E-state index contributed by atoms with van der Waals surface area (Å²) >= 11 is 0. The lowest BCUT2D eigenvalue weighted by Crippen LogP contribution is -2.55. The van der Waals surface area contributed by atoms with Gasteiger partial charge in [-0.05, 0) is 19.9 Å². The van der Waals surface area contributed by atoms with E-state index in [1.165, 1.54) is 0 Å². The molecule has 0 aromatic rings. The molecule has 2 fully saturated rings. The summed E-state index contributed by atoms with van der Waals surface area (Å²) in [6.07, 6.45) is 3.02. The maximum absolute atomic E-state index is 12.6. The van der Waals surface area contributed by atoms with Crippen LogP contribution in [-0.4, -0.2) is 69.5 Å². The maximum atomic E-state index is 12.6. The SMILES string of the molecule is CNCC1CCCCN1S(=O)(=O)N1CCOCC1. The molecule has 0 aliphatic carbocycles. The summed E-state index contributed by atoms with van der Waals surface area (Å²) < 4.78 is 33.6. The van der Waals surface area contributed by atoms with Crippen LogP contribution < -0.4 is 5.32 Å². The molecule has 6 nitrogen and oxygen atoms in total. The smallest absolute Gasteiger partial charge is 0.282 e. The second kappa shape index (κ2) is 6.29. The molecule has 2 rings (SSSR count). The van der Waals surface area contributed by atoms with E-state index in [1.807, 2.05) is 7.05 Å². The molecule has 2 aliphatic rings. The van der Waals surface area contributed by atoms with Crippen molar-refractivity contribution >= 4 is 10.2 Å². The Balaban J connectivity index is 2.10. The van der Waals surface area contributed by atoms with Crippen molar-refractivity contribution in [2.45, 2.75) is 25.3 Å². The molecule has 2 heterocycles. The van der Waals surface area contributed by atoms with Crippen LogP contribution in [0.25, 0.3) is 0 Å². The minimum absolute atomic E-state index is 0.0941. The highest BCUT2D eigenvalue weighted by molar-refractivity contribution is 7.86. The molecule has 2 saturated heterocycles. The van der Waals surface area contributed by atoms with Gasteiger partial charge in [0.05, 0.1) is 13.2 Å². The minimum atomic E-state index is -3.31. The van der Waals surface area contributed by atoms with Crippen LogP contribution in [0.5, 0.6) is 0 Å². The number of hydrogen-bond acceptors (Lipinski definition) is 4. The first-order valence-electron chi connectivity index (χ1n) is 6.65. The fourth-order valence-electron chi connectivity index (χ4n) is 2.64. The normalized spacial score (nSPS) is 28.4.